The minimum Gasteiger partial charge on any atom is -0.125 e. The van der Waals surface area contributed by atoms with Gasteiger partial charge in [0.15, 0.2) is 0 Å². The Morgan fingerprint density at radius 3 is 2.53 bits per heavy atom. The first kappa shape index (κ1) is 30.6. The molecule has 0 aliphatic heterocycles. The molecule has 0 N–H and O–H groups in total. The first-order valence-electron chi connectivity index (χ1n) is 17.1. The smallest absolute Gasteiger partial charge is 0.00935 e. The Morgan fingerprint density at radius 1 is 0.911 bits per heavy atom. The van der Waals surface area contributed by atoms with E-state index in [9.17, 15) is 0 Å². The van der Waals surface area contributed by atoms with E-state index in [-0.39, 0.29) is 0 Å². The minimum absolute atomic E-state index is 0.415. The van der Waals surface area contributed by atoms with Gasteiger partial charge in [-0.1, -0.05) is 136 Å². The maximum Gasteiger partial charge on any atom is 0.00935 e. The average molecular weight is 587 g/mol. The zero-order chi connectivity index (χ0) is 31.0. The maximum absolute atomic E-state index is 3.79. The molecule has 0 saturated heterocycles. The molecule has 0 heteroatoms. The van der Waals surface area contributed by atoms with Crippen LogP contribution in [-0.4, -0.2) is 0 Å². The van der Waals surface area contributed by atoms with Gasteiger partial charge < -0.3 is 0 Å². The molecule has 2 aliphatic rings. The van der Waals surface area contributed by atoms with E-state index in [0.29, 0.717) is 5.92 Å². The van der Waals surface area contributed by atoms with E-state index in [1.165, 1.54) is 72.1 Å². The molecule has 45 heavy (non-hydrogen) atoms. The van der Waals surface area contributed by atoms with Crippen molar-refractivity contribution >= 4 is 38.4 Å². The number of hydrogen-bond donors (Lipinski definition) is 0. The maximum atomic E-state index is 3.79. The SMILES string of the molecule is C/C=C\c1c(CC)c2ccc3cc(CC=C=C(C/C=C(/CCC)C4=CCCC=C4)C4C=CC=CC4)ccc3c2c2ccccc12. The number of benzene rings is 4. The van der Waals surface area contributed by atoms with Gasteiger partial charge in [-0.15, -0.1) is 5.73 Å². The molecule has 0 bridgehead atoms. The summed E-state index contributed by atoms with van der Waals surface area (Å²) in [5, 5.41) is 8.09. The lowest BCUT2D eigenvalue weighted by Crippen LogP contribution is -2.02. The highest BCUT2D eigenvalue weighted by Gasteiger charge is 2.15. The number of fused-ring (bicyclic) bond motifs is 5. The summed E-state index contributed by atoms with van der Waals surface area (Å²) >= 11 is 0. The van der Waals surface area contributed by atoms with Crippen LogP contribution in [0.15, 0.2) is 138 Å². The van der Waals surface area contributed by atoms with Crippen LogP contribution < -0.4 is 0 Å². The normalized spacial score (nSPS) is 16.6. The molecule has 6 rings (SSSR count). The summed E-state index contributed by atoms with van der Waals surface area (Å²) in [4.78, 5) is 0. The second kappa shape index (κ2) is 14.6. The van der Waals surface area contributed by atoms with Gasteiger partial charge in [0.2, 0.25) is 0 Å². The molecule has 0 saturated carbocycles. The highest BCUT2D eigenvalue weighted by molar-refractivity contribution is 6.23. The lowest BCUT2D eigenvalue weighted by atomic mass is 9.87. The molecule has 2 aliphatic carbocycles. The Morgan fingerprint density at radius 2 is 1.78 bits per heavy atom. The standard InChI is InChI=1S/C45H46/c1-4-16-34(35-19-9-7-10-20-35)27-28-37(36-21-11-8-12-22-36)23-15-18-33-26-30-40-38(32-33)29-31-44-39(6-3)41(17-5-2)42-24-13-14-25-43(42)45(40)44/h5,8-9,11-15,17,19-21,24-27,29-32,36H,4,6-7,10,16,18,22,28H2,1-3H3/b17-5-,34-27-. The van der Waals surface area contributed by atoms with E-state index in [1.807, 2.05) is 0 Å². The highest BCUT2D eigenvalue weighted by atomic mass is 14.2. The quantitative estimate of drug-likeness (QED) is 0.128. The molecule has 0 nitrogen and oxygen atoms in total. The van der Waals surface area contributed by atoms with Crippen molar-refractivity contribution in [1.82, 2.24) is 0 Å². The van der Waals surface area contributed by atoms with Crippen molar-refractivity contribution in [3.05, 3.63) is 154 Å². The van der Waals surface area contributed by atoms with Crippen LogP contribution in [0.5, 0.6) is 0 Å². The molecule has 226 valence electrons. The van der Waals surface area contributed by atoms with Gasteiger partial charge in [0.1, 0.15) is 0 Å². The van der Waals surface area contributed by atoms with Crippen molar-refractivity contribution < 1.29 is 0 Å². The summed E-state index contributed by atoms with van der Waals surface area (Å²) in [6.45, 7) is 6.68. The second-order valence-corrected chi connectivity index (χ2v) is 12.4. The topological polar surface area (TPSA) is 0 Å². The minimum atomic E-state index is 0.415. The predicted octanol–water partition coefficient (Wildman–Crippen LogP) is 12.9. The molecule has 0 fully saturated rings. The van der Waals surface area contributed by atoms with Crippen LogP contribution in [-0.2, 0) is 12.8 Å². The third-order valence-corrected chi connectivity index (χ3v) is 9.41. The van der Waals surface area contributed by atoms with Gasteiger partial charge >= 0.3 is 0 Å². The summed E-state index contributed by atoms with van der Waals surface area (Å²) in [7, 11) is 0. The summed E-state index contributed by atoms with van der Waals surface area (Å²) in [6, 6.07) is 20.7. The van der Waals surface area contributed by atoms with E-state index in [0.717, 1.165) is 44.9 Å². The predicted molar refractivity (Wildman–Crippen MR) is 199 cm³/mol. The van der Waals surface area contributed by atoms with E-state index < -0.39 is 0 Å². The van der Waals surface area contributed by atoms with E-state index in [4.69, 9.17) is 0 Å². The van der Waals surface area contributed by atoms with Gasteiger partial charge in [0.05, 0.1) is 0 Å². The first-order valence-corrected chi connectivity index (χ1v) is 17.1. The van der Waals surface area contributed by atoms with Gasteiger partial charge in [0, 0.05) is 5.92 Å². The Kier molecular flexibility index (Phi) is 9.94. The monoisotopic (exact) mass is 586 g/mol. The zero-order valence-corrected chi connectivity index (χ0v) is 27.3. The third-order valence-electron chi connectivity index (χ3n) is 9.41. The molecule has 1 atom stereocenters. The van der Waals surface area contributed by atoms with Crippen LogP contribution in [0.25, 0.3) is 38.4 Å². The van der Waals surface area contributed by atoms with Gasteiger partial charge in [0.25, 0.3) is 0 Å². The molecular formula is C45H46. The lowest BCUT2D eigenvalue weighted by molar-refractivity contribution is 0.746. The first-order chi connectivity index (χ1) is 22.2. The van der Waals surface area contributed by atoms with Gasteiger partial charge in [-0.2, -0.15) is 0 Å². The Bertz CT molecular complexity index is 1960. The number of rotatable bonds is 10. The molecular weight excluding hydrogens is 540 g/mol. The molecule has 0 heterocycles. The van der Waals surface area contributed by atoms with Crippen molar-refractivity contribution in [2.45, 2.75) is 72.1 Å². The van der Waals surface area contributed by atoms with Gasteiger partial charge in [-0.3, -0.25) is 0 Å². The van der Waals surface area contributed by atoms with Crippen molar-refractivity contribution in [3.8, 4) is 0 Å². The fourth-order valence-corrected chi connectivity index (χ4v) is 7.20. The average Bonchev–Trinajstić information content (AvgIpc) is 3.09. The number of allylic oxidation sites excluding steroid dienone is 12. The molecule has 4 aromatic carbocycles. The molecule has 1 unspecified atom stereocenters. The summed E-state index contributed by atoms with van der Waals surface area (Å²) in [5.41, 5.74) is 12.2. The van der Waals surface area contributed by atoms with Crippen LogP contribution >= 0.6 is 0 Å². The summed E-state index contributed by atoms with van der Waals surface area (Å²) in [6.07, 6.45) is 33.8. The van der Waals surface area contributed by atoms with E-state index >= 15 is 0 Å². The third kappa shape index (κ3) is 6.68. The summed E-state index contributed by atoms with van der Waals surface area (Å²) in [5.74, 6) is 0.415. The number of hydrogen-bond acceptors (Lipinski definition) is 0. The summed E-state index contributed by atoms with van der Waals surface area (Å²) < 4.78 is 0. The van der Waals surface area contributed by atoms with Gasteiger partial charge in [-0.25, -0.2) is 0 Å². The van der Waals surface area contributed by atoms with Crippen LogP contribution in [0.3, 0.4) is 0 Å². The Balaban J connectivity index is 1.35. The van der Waals surface area contributed by atoms with E-state index in [2.05, 4.69) is 148 Å². The Hall–Kier alpha value is -4.38. The largest absolute Gasteiger partial charge is 0.125 e. The highest BCUT2D eigenvalue weighted by Crippen LogP contribution is 2.38. The van der Waals surface area contributed by atoms with Crippen LogP contribution in [0.1, 0.15) is 76.0 Å². The zero-order valence-electron chi connectivity index (χ0n) is 27.3. The molecule has 0 amide bonds. The van der Waals surface area contributed by atoms with E-state index in [1.54, 1.807) is 0 Å². The second-order valence-electron chi connectivity index (χ2n) is 12.4. The van der Waals surface area contributed by atoms with Crippen molar-refractivity contribution in [3.63, 3.8) is 0 Å². The van der Waals surface area contributed by atoms with Crippen LogP contribution in [0.2, 0.25) is 0 Å². The van der Waals surface area contributed by atoms with Gasteiger partial charge in [-0.05, 0) is 124 Å². The number of aryl methyl sites for hydroxylation is 1. The molecule has 0 radical (unpaired) electrons. The van der Waals surface area contributed by atoms with Crippen molar-refractivity contribution in [2.24, 2.45) is 5.92 Å². The van der Waals surface area contributed by atoms with Crippen molar-refractivity contribution in [1.29, 1.82) is 0 Å². The fraction of sp³-hybridized carbons (Fsp3) is 0.267. The lowest BCUT2D eigenvalue weighted by Gasteiger charge is -2.17. The molecule has 0 aromatic heterocycles. The molecule has 0 spiro atoms. The fourth-order valence-electron chi connectivity index (χ4n) is 7.20. The van der Waals surface area contributed by atoms with Crippen LogP contribution in [0, 0.1) is 5.92 Å². The Labute approximate surface area is 270 Å². The molecule has 4 aromatic rings. The van der Waals surface area contributed by atoms with Crippen molar-refractivity contribution in [2.75, 3.05) is 0 Å². The van der Waals surface area contributed by atoms with Crippen LogP contribution in [0.4, 0.5) is 0 Å².